The van der Waals surface area contributed by atoms with Gasteiger partial charge in [0.15, 0.2) is 0 Å². The van der Waals surface area contributed by atoms with Crippen molar-refractivity contribution in [2.75, 3.05) is 9.80 Å². The number of non-ortho nitro benzene ring substituents is 1. The molecular weight excluding hydrogens is 382 g/mol. The quantitative estimate of drug-likeness (QED) is 0.526. The van der Waals surface area contributed by atoms with Crippen LogP contribution in [0.4, 0.5) is 17.1 Å². The highest BCUT2D eigenvalue weighted by Gasteiger charge is 2.49. The molecule has 0 spiro atoms. The van der Waals surface area contributed by atoms with E-state index in [1.165, 1.54) is 17.7 Å². The van der Waals surface area contributed by atoms with Crippen LogP contribution in [0, 0.1) is 10.1 Å². The molecule has 0 radical (unpaired) electrons. The number of rotatable bonds is 3. The number of phenolic OH excluding ortho intramolecular Hbond substituents is 1. The molecule has 3 aromatic rings. The number of nitrogens with zero attached hydrogens (tertiary/aromatic N) is 3. The molecule has 1 fully saturated rings. The van der Waals surface area contributed by atoms with Crippen molar-refractivity contribution in [3.8, 4) is 5.75 Å². The summed E-state index contributed by atoms with van der Waals surface area (Å²) in [6.45, 7) is 0. The van der Waals surface area contributed by atoms with Gasteiger partial charge in [-0.15, -0.1) is 0 Å². The predicted molar refractivity (Wildman–Crippen MR) is 112 cm³/mol. The van der Waals surface area contributed by atoms with E-state index in [2.05, 4.69) is 11.0 Å². The Balaban J connectivity index is 1.66. The molecule has 3 aromatic carbocycles. The Bertz CT molecular complexity index is 1130. The number of fused-ring (bicyclic) bond motifs is 3. The molecule has 7 heteroatoms. The maximum absolute atomic E-state index is 13.5. The molecule has 30 heavy (non-hydrogen) atoms. The van der Waals surface area contributed by atoms with Gasteiger partial charge in [0, 0.05) is 23.5 Å². The fourth-order valence-electron chi connectivity index (χ4n) is 4.48. The lowest BCUT2D eigenvalue weighted by molar-refractivity contribution is -0.384. The van der Waals surface area contributed by atoms with Gasteiger partial charge in [-0.3, -0.25) is 19.8 Å². The van der Waals surface area contributed by atoms with Crippen molar-refractivity contribution in [1.29, 1.82) is 0 Å². The highest BCUT2D eigenvalue weighted by atomic mass is 16.6. The number of amides is 1. The Kier molecular flexibility index (Phi) is 4.17. The minimum atomic E-state index is -0.452. The molecule has 1 amide bonds. The molecule has 1 saturated heterocycles. The van der Waals surface area contributed by atoms with E-state index in [0.29, 0.717) is 12.1 Å². The first-order valence-corrected chi connectivity index (χ1v) is 9.77. The smallest absolute Gasteiger partial charge is 0.269 e. The number of hydrogen-bond acceptors (Lipinski definition) is 5. The van der Waals surface area contributed by atoms with Gasteiger partial charge in [0.2, 0.25) is 0 Å². The molecule has 2 heterocycles. The first kappa shape index (κ1) is 18.2. The average molecular weight is 401 g/mol. The standard InChI is InChI=1S/C23H19N3O4/c27-19-12-5-16(6-13-19)22-24(17-8-10-18(11-9-17)26(29)30)23(28)21-14-7-15-3-1-2-4-20(15)25(21)22/h1-6,8-13,21-22,27H,7,14H2/t21?,22-/m0/s1. The Morgan fingerprint density at radius 1 is 0.967 bits per heavy atom. The van der Waals surface area contributed by atoms with Gasteiger partial charge in [-0.2, -0.15) is 0 Å². The summed E-state index contributed by atoms with van der Waals surface area (Å²) >= 11 is 0. The van der Waals surface area contributed by atoms with Crippen LogP contribution in [0.1, 0.15) is 23.7 Å². The van der Waals surface area contributed by atoms with Gasteiger partial charge in [-0.25, -0.2) is 0 Å². The van der Waals surface area contributed by atoms with E-state index in [-0.39, 0.29) is 23.4 Å². The second-order valence-electron chi connectivity index (χ2n) is 7.54. The van der Waals surface area contributed by atoms with Crippen molar-refractivity contribution in [2.45, 2.75) is 25.0 Å². The Hall–Kier alpha value is -3.87. The molecule has 2 atom stereocenters. The molecule has 0 aromatic heterocycles. The zero-order valence-corrected chi connectivity index (χ0v) is 16.0. The Morgan fingerprint density at radius 3 is 2.37 bits per heavy atom. The molecule has 2 aliphatic heterocycles. The summed E-state index contributed by atoms with van der Waals surface area (Å²) in [5, 5.41) is 20.8. The van der Waals surface area contributed by atoms with E-state index in [0.717, 1.165) is 17.7 Å². The third-order valence-electron chi connectivity index (χ3n) is 5.85. The van der Waals surface area contributed by atoms with Crippen LogP contribution in [0.5, 0.6) is 5.75 Å². The number of nitro benzene ring substituents is 1. The summed E-state index contributed by atoms with van der Waals surface area (Å²) in [5.74, 6) is 0.122. The molecule has 1 unspecified atom stereocenters. The average Bonchev–Trinajstić information content (AvgIpc) is 3.07. The molecule has 7 nitrogen and oxygen atoms in total. The summed E-state index contributed by atoms with van der Waals surface area (Å²) in [6, 6.07) is 20.7. The SMILES string of the molecule is O=C1C2CCc3ccccc3N2[C@@H](c2ccc(O)cc2)N1c1ccc([N+](=O)[O-])cc1. The summed E-state index contributed by atoms with van der Waals surface area (Å²) in [5.41, 5.74) is 3.66. The predicted octanol–water partition coefficient (Wildman–Crippen LogP) is 4.17. The molecule has 1 N–H and O–H groups in total. The molecule has 150 valence electrons. The van der Waals surface area contributed by atoms with E-state index in [1.807, 2.05) is 30.3 Å². The monoisotopic (exact) mass is 401 g/mol. The number of aromatic hydroxyl groups is 1. The van der Waals surface area contributed by atoms with Crippen LogP contribution in [0.25, 0.3) is 0 Å². The number of anilines is 2. The van der Waals surface area contributed by atoms with Gasteiger partial charge in [-0.1, -0.05) is 30.3 Å². The van der Waals surface area contributed by atoms with Crippen molar-refractivity contribution in [1.82, 2.24) is 0 Å². The normalized spacial score (nSPS) is 20.1. The number of nitro groups is 1. The van der Waals surface area contributed by atoms with Crippen molar-refractivity contribution in [2.24, 2.45) is 0 Å². The fourth-order valence-corrected chi connectivity index (χ4v) is 4.48. The third-order valence-corrected chi connectivity index (χ3v) is 5.85. The van der Waals surface area contributed by atoms with Crippen LogP contribution in [0.15, 0.2) is 72.8 Å². The van der Waals surface area contributed by atoms with Gasteiger partial charge in [-0.05, 0) is 54.3 Å². The maximum Gasteiger partial charge on any atom is 0.269 e. The van der Waals surface area contributed by atoms with E-state index in [9.17, 15) is 20.0 Å². The van der Waals surface area contributed by atoms with Crippen LogP contribution < -0.4 is 9.80 Å². The van der Waals surface area contributed by atoms with Crippen molar-refractivity contribution < 1.29 is 14.8 Å². The minimum Gasteiger partial charge on any atom is -0.508 e. The van der Waals surface area contributed by atoms with Crippen molar-refractivity contribution in [3.63, 3.8) is 0 Å². The lowest BCUT2D eigenvalue weighted by Crippen LogP contribution is -2.38. The first-order valence-electron chi connectivity index (χ1n) is 9.77. The number of carbonyl (C=O) groups excluding carboxylic acids is 1. The van der Waals surface area contributed by atoms with E-state index in [1.54, 1.807) is 29.2 Å². The van der Waals surface area contributed by atoms with Gasteiger partial charge >= 0.3 is 0 Å². The topological polar surface area (TPSA) is 86.9 Å². The number of hydrogen-bond donors (Lipinski definition) is 1. The van der Waals surface area contributed by atoms with Crippen molar-refractivity contribution >= 4 is 23.0 Å². The highest BCUT2D eigenvalue weighted by molar-refractivity contribution is 6.04. The second-order valence-corrected chi connectivity index (χ2v) is 7.54. The Labute approximate surface area is 172 Å². The summed E-state index contributed by atoms with van der Waals surface area (Å²) in [4.78, 5) is 28.0. The van der Waals surface area contributed by atoms with Crippen LogP contribution >= 0.6 is 0 Å². The zero-order chi connectivity index (χ0) is 20.8. The molecule has 5 rings (SSSR count). The number of carbonyl (C=O) groups is 1. The van der Waals surface area contributed by atoms with E-state index >= 15 is 0 Å². The Morgan fingerprint density at radius 2 is 1.67 bits per heavy atom. The molecule has 0 saturated carbocycles. The summed E-state index contributed by atoms with van der Waals surface area (Å²) in [6.07, 6.45) is 1.11. The van der Waals surface area contributed by atoms with Crippen LogP contribution in [0.2, 0.25) is 0 Å². The number of benzene rings is 3. The van der Waals surface area contributed by atoms with E-state index in [4.69, 9.17) is 0 Å². The summed E-state index contributed by atoms with van der Waals surface area (Å²) in [7, 11) is 0. The van der Waals surface area contributed by atoms with Gasteiger partial charge in [0.25, 0.3) is 11.6 Å². The van der Waals surface area contributed by atoms with Crippen molar-refractivity contribution in [3.05, 3.63) is 94.0 Å². The fraction of sp³-hybridized carbons (Fsp3) is 0.174. The molecule has 0 bridgehead atoms. The zero-order valence-electron chi connectivity index (χ0n) is 16.0. The first-order chi connectivity index (χ1) is 14.5. The largest absolute Gasteiger partial charge is 0.508 e. The van der Waals surface area contributed by atoms with Gasteiger partial charge in [0.05, 0.1) is 4.92 Å². The van der Waals surface area contributed by atoms with Gasteiger partial charge < -0.3 is 10.0 Å². The third kappa shape index (κ3) is 2.78. The lowest BCUT2D eigenvalue weighted by Gasteiger charge is -2.37. The lowest BCUT2D eigenvalue weighted by atomic mass is 9.96. The van der Waals surface area contributed by atoms with Gasteiger partial charge in [0.1, 0.15) is 18.0 Å². The van der Waals surface area contributed by atoms with Crippen LogP contribution in [-0.4, -0.2) is 22.0 Å². The van der Waals surface area contributed by atoms with E-state index < -0.39 is 11.1 Å². The van der Waals surface area contributed by atoms with Crippen LogP contribution in [-0.2, 0) is 11.2 Å². The molecule has 0 aliphatic carbocycles. The number of para-hydroxylation sites is 1. The molecular formula is C23H19N3O4. The molecule has 2 aliphatic rings. The second kappa shape index (κ2) is 6.88. The minimum absolute atomic E-state index is 0.0188. The number of aryl methyl sites for hydroxylation is 1. The van der Waals surface area contributed by atoms with Crippen LogP contribution in [0.3, 0.4) is 0 Å². The maximum atomic E-state index is 13.5. The highest BCUT2D eigenvalue weighted by Crippen LogP contribution is 2.46. The number of phenols is 1. The summed E-state index contributed by atoms with van der Waals surface area (Å²) < 4.78 is 0.